The maximum Gasteiger partial charge on any atom is 0.335 e. The van der Waals surface area contributed by atoms with Crippen LogP contribution in [0.4, 0.5) is 4.39 Å². The maximum atomic E-state index is 13.5. The minimum Gasteiger partial charge on any atom is -0.478 e. The maximum absolute atomic E-state index is 13.5. The number of benzene rings is 1. The predicted octanol–water partition coefficient (Wildman–Crippen LogP) is 3.93. The Morgan fingerprint density at radius 1 is 1.24 bits per heavy atom. The van der Waals surface area contributed by atoms with Crippen molar-refractivity contribution in [1.82, 2.24) is 4.90 Å². The molecule has 0 unspecified atom stereocenters. The summed E-state index contributed by atoms with van der Waals surface area (Å²) in [6.07, 6.45) is 4.75. The van der Waals surface area contributed by atoms with Crippen molar-refractivity contribution in [3.05, 3.63) is 35.1 Å². The molecule has 1 heterocycles. The van der Waals surface area contributed by atoms with Gasteiger partial charge < -0.3 is 5.11 Å². The number of carboxylic acid groups (broad SMARTS) is 1. The summed E-state index contributed by atoms with van der Waals surface area (Å²) >= 11 is 0. The van der Waals surface area contributed by atoms with Crippen molar-refractivity contribution in [1.29, 1.82) is 0 Å². The number of likely N-dealkylation sites (tertiary alicyclic amines) is 1. The lowest BCUT2D eigenvalue weighted by molar-refractivity contribution is 0.0695. The third-order valence-electron chi connectivity index (χ3n) is 5.03. The highest BCUT2D eigenvalue weighted by Gasteiger charge is 2.31. The fraction of sp³-hybridized carbons (Fsp3) is 0.588. The highest BCUT2D eigenvalue weighted by Crippen LogP contribution is 2.38. The fourth-order valence-corrected chi connectivity index (χ4v) is 3.27. The van der Waals surface area contributed by atoms with Gasteiger partial charge in [0, 0.05) is 6.54 Å². The summed E-state index contributed by atoms with van der Waals surface area (Å²) < 4.78 is 13.5. The van der Waals surface area contributed by atoms with Crippen LogP contribution in [0.1, 0.15) is 55.5 Å². The summed E-state index contributed by atoms with van der Waals surface area (Å²) in [5.74, 6) is -1.55. The van der Waals surface area contributed by atoms with E-state index in [4.69, 9.17) is 5.11 Å². The Labute approximate surface area is 125 Å². The van der Waals surface area contributed by atoms with Crippen LogP contribution in [0.15, 0.2) is 18.2 Å². The minimum absolute atomic E-state index is 0.0264. The molecule has 1 aromatic carbocycles. The molecular weight excluding hydrogens is 269 g/mol. The van der Waals surface area contributed by atoms with E-state index < -0.39 is 11.8 Å². The monoisotopic (exact) mass is 293 g/mol. The molecule has 1 saturated heterocycles. The molecule has 1 aliphatic rings. The molecule has 0 aromatic heterocycles. The molecule has 1 aliphatic heterocycles. The molecule has 0 amide bonds. The third kappa shape index (κ3) is 3.82. The standard InChI is InChI=1S/C17H24FNO2/c1-3-17(4-2)5-7-19(8-6-17)12-13-9-14(16(20)21)11-15(18)10-13/h9-11H,3-8,12H2,1-2H3,(H,20,21). The van der Waals surface area contributed by atoms with Crippen molar-refractivity contribution in [2.45, 2.75) is 46.1 Å². The molecule has 0 spiro atoms. The van der Waals surface area contributed by atoms with Gasteiger partial charge in [-0.1, -0.05) is 26.7 Å². The van der Waals surface area contributed by atoms with E-state index in [1.54, 1.807) is 6.07 Å². The van der Waals surface area contributed by atoms with Gasteiger partial charge in [0.1, 0.15) is 5.82 Å². The molecule has 1 fully saturated rings. The van der Waals surface area contributed by atoms with E-state index in [1.165, 1.54) is 31.7 Å². The number of carboxylic acids is 1. The number of rotatable bonds is 5. The molecule has 21 heavy (non-hydrogen) atoms. The van der Waals surface area contributed by atoms with Crippen LogP contribution in [0.5, 0.6) is 0 Å². The smallest absolute Gasteiger partial charge is 0.335 e. The molecule has 2 rings (SSSR count). The first-order chi connectivity index (χ1) is 9.98. The fourth-order valence-electron chi connectivity index (χ4n) is 3.27. The van der Waals surface area contributed by atoms with E-state index in [-0.39, 0.29) is 5.56 Å². The molecular formula is C17H24FNO2. The van der Waals surface area contributed by atoms with E-state index in [2.05, 4.69) is 18.7 Å². The van der Waals surface area contributed by atoms with Gasteiger partial charge in [0.15, 0.2) is 0 Å². The van der Waals surface area contributed by atoms with Gasteiger partial charge in [-0.25, -0.2) is 9.18 Å². The number of carbonyl (C=O) groups is 1. The van der Waals surface area contributed by atoms with Gasteiger partial charge in [-0.15, -0.1) is 0 Å². The van der Waals surface area contributed by atoms with Crippen LogP contribution < -0.4 is 0 Å². The van der Waals surface area contributed by atoms with Crippen molar-refractivity contribution >= 4 is 5.97 Å². The van der Waals surface area contributed by atoms with E-state index in [1.807, 2.05) is 0 Å². The Bertz CT molecular complexity index is 502. The first kappa shape index (κ1) is 16.0. The molecule has 0 atom stereocenters. The Balaban J connectivity index is 2.02. The van der Waals surface area contributed by atoms with Crippen LogP contribution in [0.25, 0.3) is 0 Å². The first-order valence-corrected chi connectivity index (χ1v) is 7.73. The highest BCUT2D eigenvalue weighted by molar-refractivity contribution is 5.87. The van der Waals surface area contributed by atoms with E-state index in [9.17, 15) is 9.18 Å². The first-order valence-electron chi connectivity index (χ1n) is 7.73. The summed E-state index contributed by atoms with van der Waals surface area (Å²) in [7, 11) is 0. The molecule has 1 N–H and O–H groups in total. The number of hydrogen-bond acceptors (Lipinski definition) is 2. The quantitative estimate of drug-likeness (QED) is 0.894. The molecule has 116 valence electrons. The number of halogens is 1. The number of piperidine rings is 1. The molecule has 0 radical (unpaired) electrons. The zero-order valence-corrected chi connectivity index (χ0v) is 12.9. The minimum atomic E-state index is -1.08. The Kier molecular flexibility index (Phi) is 4.99. The predicted molar refractivity (Wildman–Crippen MR) is 80.9 cm³/mol. The van der Waals surface area contributed by atoms with E-state index >= 15 is 0 Å². The van der Waals surface area contributed by atoms with Crippen molar-refractivity contribution in [3.63, 3.8) is 0 Å². The van der Waals surface area contributed by atoms with Crippen molar-refractivity contribution in [2.24, 2.45) is 5.41 Å². The summed E-state index contributed by atoms with van der Waals surface area (Å²) in [6.45, 7) is 7.14. The normalized spacial score (nSPS) is 18.6. The van der Waals surface area contributed by atoms with Crippen LogP contribution in [0.3, 0.4) is 0 Å². The second kappa shape index (κ2) is 6.56. The van der Waals surface area contributed by atoms with Gasteiger partial charge in [-0.2, -0.15) is 0 Å². The summed E-state index contributed by atoms with van der Waals surface area (Å²) in [5, 5.41) is 8.99. The van der Waals surface area contributed by atoms with E-state index in [0.29, 0.717) is 12.0 Å². The summed E-state index contributed by atoms with van der Waals surface area (Å²) in [5.41, 5.74) is 1.23. The van der Waals surface area contributed by atoms with Gasteiger partial charge in [0.2, 0.25) is 0 Å². The number of nitrogens with zero attached hydrogens (tertiary/aromatic N) is 1. The van der Waals surface area contributed by atoms with Crippen LogP contribution in [0.2, 0.25) is 0 Å². The topological polar surface area (TPSA) is 40.5 Å². The molecule has 3 nitrogen and oxygen atoms in total. The van der Waals surface area contributed by atoms with Gasteiger partial charge in [0.05, 0.1) is 5.56 Å². The summed E-state index contributed by atoms with van der Waals surface area (Å²) in [6, 6.07) is 4.09. The van der Waals surface area contributed by atoms with Crippen LogP contribution in [0, 0.1) is 11.2 Å². The van der Waals surface area contributed by atoms with Gasteiger partial charge in [0.25, 0.3) is 0 Å². The van der Waals surface area contributed by atoms with Crippen LogP contribution in [-0.4, -0.2) is 29.1 Å². The highest BCUT2D eigenvalue weighted by atomic mass is 19.1. The third-order valence-corrected chi connectivity index (χ3v) is 5.03. The van der Waals surface area contributed by atoms with Crippen LogP contribution in [-0.2, 0) is 6.54 Å². The molecule has 0 bridgehead atoms. The average molecular weight is 293 g/mol. The lowest BCUT2D eigenvalue weighted by Crippen LogP contribution is -2.39. The lowest BCUT2D eigenvalue weighted by Gasteiger charge is -2.41. The lowest BCUT2D eigenvalue weighted by atomic mass is 9.74. The Morgan fingerprint density at radius 2 is 1.86 bits per heavy atom. The zero-order chi connectivity index (χ0) is 15.5. The van der Waals surface area contributed by atoms with E-state index in [0.717, 1.165) is 24.7 Å². The van der Waals surface area contributed by atoms with Crippen LogP contribution >= 0.6 is 0 Å². The molecule has 0 saturated carbocycles. The zero-order valence-electron chi connectivity index (χ0n) is 12.9. The van der Waals surface area contributed by atoms with Crippen molar-refractivity contribution < 1.29 is 14.3 Å². The van der Waals surface area contributed by atoms with Crippen molar-refractivity contribution in [2.75, 3.05) is 13.1 Å². The Hall–Kier alpha value is -1.42. The van der Waals surface area contributed by atoms with Crippen molar-refractivity contribution in [3.8, 4) is 0 Å². The number of aromatic carboxylic acids is 1. The Morgan fingerprint density at radius 3 is 2.38 bits per heavy atom. The second-order valence-electron chi connectivity index (χ2n) is 6.14. The SMILES string of the molecule is CCC1(CC)CCN(Cc2cc(F)cc(C(=O)O)c2)CC1. The van der Waals surface area contributed by atoms with Gasteiger partial charge in [-0.3, -0.25) is 4.90 Å². The molecule has 0 aliphatic carbocycles. The average Bonchev–Trinajstić information content (AvgIpc) is 2.48. The van der Waals surface area contributed by atoms with Gasteiger partial charge >= 0.3 is 5.97 Å². The number of hydrogen-bond donors (Lipinski definition) is 1. The molecule has 4 heteroatoms. The van der Waals surface area contributed by atoms with Gasteiger partial charge in [-0.05, 0) is 55.1 Å². The summed E-state index contributed by atoms with van der Waals surface area (Å²) in [4.78, 5) is 13.3. The second-order valence-corrected chi connectivity index (χ2v) is 6.14. The molecule has 1 aromatic rings. The largest absolute Gasteiger partial charge is 0.478 e.